The minimum Gasteiger partial charge on any atom is -0.368 e. The standard InChI is InChI=1S/C13H16BrN3O2/c14-10-3-1-9(2-4-10)7-17(8-11(15)18)12(19)13(16)5-6-13/h1-4H,5-8,16H2,(H2,15,18). The molecule has 102 valence electrons. The summed E-state index contributed by atoms with van der Waals surface area (Å²) in [7, 11) is 0. The van der Waals surface area contributed by atoms with Gasteiger partial charge in [0.1, 0.15) is 0 Å². The molecule has 1 aliphatic carbocycles. The molecule has 0 atom stereocenters. The molecule has 0 radical (unpaired) electrons. The van der Waals surface area contributed by atoms with E-state index in [-0.39, 0.29) is 12.5 Å². The molecule has 0 unspecified atom stereocenters. The predicted octanol–water partition coefficient (Wildman–Crippen LogP) is 0.754. The molecular weight excluding hydrogens is 310 g/mol. The normalized spacial score (nSPS) is 15.9. The van der Waals surface area contributed by atoms with Crippen molar-refractivity contribution in [1.82, 2.24) is 4.90 Å². The first kappa shape index (κ1) is 14.0. The van der Waals surface area contributed by atoms with Crippen LogP contribution in [-0.4, -0.2) is 28.8 Å². The zero-order valence-electron chi connectivity index (χ0n) is 10.4. The number of nitrogens with zero attached hydrogens (tertiary/aromatic N) is 1. The zero-order valence-corrected chi connectivity index (χ0v) is 12.0. The maximum Gasteiger partial charge on any atom is 0.243 e. The molecule has 1 aromatic carbocycles. The third kappa shape index (κ3) is 3.54. The molecular formula is C13H16BrN3O2. The maximum absolute atomic E-state index is 12.2. The van der Waals surface area contributed by atoms with E-state index in [4.69, 9.17) is 11.5 Å². The fourth-order valence-corrected chi connectivity index (χ4v) is 2.13. The van der Waals surface area contributed by atoms with Crippen LogP contribution in [0.25, 0.3) is 0 Å². The summed E-state index contributed by atoms with van der Waals surface area (Å²) in [4.78, 5) is 24.7. The van der Waals surface area contributed by atoms with Gasteiger partial charge in [-0.1, -0.05) is 28.1 Å². The van der Waals surface area contributed by atoms with Crippen molar-refractivity contribution in [2.45, 2.75) is 24.9 Å². The molecule has 0 saturated heterocycles. The van der Waals surface area contributed by atoms with Crippen molar-refractivity contribution in [2.24, 2.45) is 11.5 Å². The van der Waals surface area contributed by atoms with Gasteiger partial charge in [-0.2, -0.15) is 0 Å². The van der Waals surface area contributed by atoms with Gasteiger partial charge in [0.15, 0.2) is 0 Å². The van der Waals surface area contributed by atoms with E-state index in [1.165, 1.54) is 4.90 Å². The van der Waals surface area contributed by atoms with Crippen LogP contribution in [0.15, 0.2) is 28.7 Å². The number of hydrogen-bond acceptors (Lipinski definition) is 3. The molecule has 1 fully saturated rings. The summed E-state index contributed by atoms with van der Waals surface area (Å²) in [6.07, 6.45) is 1.34. The molecule has 1 saturated carbocycles. The highest BCUT2D eigenvalue weighted by Gasteiger charge is 2.48. The number of carbonyl (C=O) groups is 2. The van der Waals surface area contributed by atoms with Crippen LogP contribution in [0.1, 0.15) is 18.4 Å². The second kappa shape index (κ2) is 5.30. The Hall–Kier alpha value is -1.40. The Kier molecular flexibility index (Phi) is 3.91. The summed E-state index contributed by atoms with van der Waals surface area (Å²) < 4.78 is 0.960. The fourth-order valence-electron chi connectivity index (χ4n) is 1.86. The fraction of sp³-hybridized carbons (Fsp3) is 0.385. The highest BCUT2D eigenvalue weighted by molar-refractivity contribution is 9.10. The quantitative estimate of drug-likeness (QED) is 0.837. The van der Waals surface area contributed by atoms with Crippen molar-refractivity contribution >= 4 is 27.7 Å². The van der Waals surface area contributed by atoms with E-state index in [1.54, 1.807) is 0 Å². The molecule has 1 aromatic rings. The number of halogens is 1. The third-order valence-corrected chi connectivity index (χ3v) is 3.66. The Bertz CT molecular complexity index is 497. The van der Waals surface area contributed by atoms with Crippen LogP contribution >= 0.6 is 15.9 Å². The number of rotatable bonds is 5. The molecule has 5 nitrogen and oxygen atoms in total. The van der Waals surface area contributed by atoms with Crippen LogP contribution in [0.5, 0.6) is 0 Å². The number of primary amides is 1. The summed E-state index contributed by atoms with van der Waals surface area (Å²) >= 11 is 3.35. The summed E-state index contributed by atoms with van der Waals surface area (Å²) in [5, 5.41) is 0. The van der Waals surface area contributed by atoms with E-state index in [0.29, 0.717) is 19.4 Å². The first-order chi connectivity index (χ1) is 8.90. The molecule has 0 spiro atoms. The van der Waals surface area contributed by atoms with E-state index < -0.39 is 11.4 Å². The van der Waals surface area contributed by atoms with Gasteiger partial charge < -0.3 is 16.4 Å². The Morgan fingerprint density at radius 3 is 2.32 bits per heavy atom. The molecule has 1 aliphatic rings. The smallest absolute Gasteiger partial charge is 0.243 e. The maximum atomic E-state index is 12.2. The lowest BCUT2D eigenvalue weighted by Gasteiger charge is -2.24. The second-order valence-corrected chi connectivity index (χ2v) is 5.83. The van der Waals surface area contributed by atoms with Crippen LogP contribution in [0.2, 0.25) is 0 Å². The molecule has 0 bridgehead atoms. The van der Waals surface area contributed by atoms with Crippen molar-refractivity contribution in [3.63, 3.8) is 0 Å². The second-order valence-electron chi connectivity index (χ2n) is 4.91. The average Bonchev–Trinajstić information content (AvgIpc) is 3.09. The van der Waals surface area contributed by atoms with Gasteiger partial charge in [-0.3, -0.25) is 9.59 Å². The largest absolute Gasteiger partial charge is 0.368 e. The minimum absolute atomic E-state index is 0.103. The molecule has 19 heavy (non-hydrogen) atoms. The number of amides is 2. The van der Waals surface area contributed by atoms with Gasteiger partial charge in [-0.15, -0.1) is 0 Å². The van der Waals surface area contributed by atoms with Crippen molar-refractivity contribution < 1.29 is 9.59 Å². The molecule has 2 rings (SSSR count). The molecule has 4 N–H and O–H groups in total. The lowest BCUT2D eigenvalue weighted by Crippen LogP contribution is -2.48. The topological polar surface area (TPSA) is 89.4 Å². The summed E-state index contributed by atoms with van der Waals surface area (Å²) in [5.41, 5.74) is 11.2. The molecule has 0 aliphatic heterocycles. The van der Waals surface area contributed by atoms with Gasteiger partial charge in [0.2, 0.25) is 11.8 Å². The molecule has 0 aromatic heterocycles. The van der Waals surface area contributed by atoms with Crippen molar-refractivity contribution in [1.29, 1.82) is 0 Å². The van der Waals surface area contributed by atoms with Crippen molar-refractivity contribution in [3.8, 4) is 0 Å². The number of hydrogen-bond donors (Lipinski definition) is 2. The first-order valence-corrected chi connectivity index (χ1v) is 6.81. The number of carbonyl (C=O) groups excluding carboxylic acids is 2. The Morgan fingerprint density at radius 2 is 1.84 bits per heavy atom. The zero-order chi connectivity index (χ0) is 14.0. The number of benzene rings is 1. The molecule has 0 heterocycles. The van der Waals surface area contributed by atoms with Gasteiger partial charge in [-0.25, -0.2) is 0 Å². The van der Waals surface area contributed by atoms with E-state index in [1.807, 2.05) is 24.3 Å². The minimum atomic E-state index is -0.787. The first-order valence-electron chi connectivity index (χ1n) is 6.02. The third-order valence-electron chi connectivity index (χ3n) is 3.14. The average molecular weight is 326 g/mol. The molecule has 6 heteroatoms. The van der Waals surface area contributed by atoms with Gasteiger partial charge in [0.25, 0.3) is 0 Å². The lowest BCUT2D eigenvalue weighted by atomic mass is 10.1. The van der Waals surface area contributed by atoms with E-state index in [9.17, 15) is 9.59 Å². The molecule has 2 amide bonds. The van der Waals surface area contributed by atoms with Crippen LogP contribution < -0.4 is 11.5 Å². The van der Waals surface area contributed by atoms with Crippen molar-refractivity contribution in [2.75, 3.05) is 6.54 Å². The van der Waals surface area contributed by atoms with E-state index in [2.05, 4.69) is 15.9 Å². The SMILES string of the molecule is NC(=O)CN(Cc1ccc(Br)cc1)C(=O)C1(N)CC1. The Morgan fingerprint density at radius 1 is 1.26 bits per heavy atom. The summed E-state index contributed by atoms with van der Waals surface area (Å²) in [6, 6.07) is 7.55. The van der Waals surface area contributed by atoms with E-state index >= 15 is 0 Å². The highest BCUT2D eigenvalue weighted by Crippen LogP contribution is 2.34. The monoisotopic (exact) mass is 325 g/mol. The van der Waals surface area contributed by atoms with Gasteiger partial charge >= 0.3 is 0 Å². The lowest BCUT2D eigenvalue weighted by molar-refractivity contribution is -0.137. The number of nitrogens with two attached hydrogens (primary N) is 2. The van der Waals surface area contributed by atoms with Crippen LogP contribution in [0.3, 0.4) is 0 Å². The van der Waals surface area contributed by atoms with E-state index in [0.717, 1.165) is 10.0 Å². The van der Waals surface area contributed by atoms with Crippen molar-refractivity contribution in [3.05, 3.63) is 34.3 Å². The van der Waals surface area contributed by atoms with Gasteiger partial charge in [0.05, 0.1) is 12.1 Å². The van der Waals surface area contributed by atoms with Crippen LogP contribution in [0, 0.1) is 0 Å². The van der Waals surface area contributed by atoms with Gasteiger partial charge in [-0.05, 0) is 30.5 Å². The summed E-state index contributed by atoms with van der Waals surface area (Å²) in [6.45, 7) is 0.238. The summed E-state index contributed by atoms with van der Waals surface area (Å²) in [5.74, 6) is -0.732. The van der Waals surface area contributed by atoms with Crippen LogP contribution in [0.4, 0.5) is 0 Å². The Labute approximate surface area is 120 Å². The predicted molar refractivity (Wildman–Crippen MR) is 74.9 cm³/mol. The van der Waals surface area contributed by atoms with Gasteiger partial charge in [0, 0.05) is 11.0 Å². The Balaban J connectivity index is 2.11. The highest BCUT2D eigenvalue weighted by atomic mass is 79.9. The van der Waals surface area contributed by atoms with Crippen LogP contribution in [-0.2, 0) is 16.1 Å².